The average molecular weight is 387 g/mol. The van der Waals surface area contributed by atoms with Crippen molar-refractivity contribution < 1.29 is 4.79 Å². The van der Waals surface area contributed by atoms with Crippen LogP contribution >= 0.6 is 11.6 Å². The number of anilines is 1. The predicted molar refractivity (Wildman–Crippen MR) is 116 cm³/mol. The molecule has 0 aliphatic rings. The number of fused-ring (bicyclic) bond motifs is 1. The molecule has 28 heavy (non-hydrogen) atoms. The summed E-state index contributed by atoms with van der Waals surface area (Å²) < 4.78 is 0. The van der Waals surface area contributed by atoms with Gasteiger partial charge in [-0.1, -0.05) is 61.0 Å². The third-order valence-corrected chi connectivity index (χ3v) is 4.95. The van der Waals surface area contributed by atoms with Gasteiger partial charge in [0.2, 0.25) is 0 Å². The third-order valence-electron chi connectivity index (χ3n) is 4.69. The van der Waals surface area contributed by atoms with E-state index in [0.717, 1.165) is 34.3 Å². The van der Waals surface area contributed by atoms with Gasteiger partial charge in [-0.05, 0) is 48.4 Å². The summed E-state index contributed by atoms with van der Waals surface area (Å²) in [6.45, 7) is 2.09. The van der Waals surface area contributed by atoms with Crippen LogP contribution in [0.1, 0.15) is 22.8 Å². The molecule has 0 saturated heterocycles. The molecule has 1 amide bonds. The van der Waals surface area contributed by atoms with E-state index in [2.05, 4.69) is 18.3 Å². The number of nitrogens with zero attached hydrogens (tertiary/aromatic N) is 1. The number of amides is 1. The molecule has 0 bridgehead atoms. The molecule has 3 aromatic carbocycles. The Hall–Kier alpha value is -3.17. The maximum atomic E-state index is 13.1. The second-order valence-corrected chi connectivity index (χ2v) is 7.02. The monoisotopic (exact) mass is 386 g/mol. The lowest BCUT2D eigenvalue weighted by Crippen LogP contribution is -2.13. The molecular formula is C24H19ClN2O. The SMILES string of the molecule is CCc1cccc(NC(=O)c2cc(-c3ccc(Cl)cc3)nc3ccccc23)c1. The number of benzene rings is 3. The zero-order chi connectivity index (χ0) is 19.5. The smallest absolute Gasteiger partial charge is 0.256 e. The molecule has 1 aromatic heterocycles. The number of halogens is 1. The van der Waals surface area contributed by atoms with Crippen LogP contribution in [0, 0.1) is 0 Å². The van der Waals surface area contributed by atoms with Gasteiger partial charge in [-0.3, -0.25) is 4.79 Å². The van der Waals surface area contributed by atoms with Gasteiger partial charge in [0.25, 0.3) is 5.91 Å². The summed E-state index contributed by atoms with van der Waals surface area (Å²) in [6.07, 6.45) is 0.919. The molecule has 0 radical (unpaired) electrons. The van der Waals surface area contributed by atoms with Gasteiger partial charge in [-0.15, -0.1) is 0 Å². The highest BCUT2D eigenvalue weighted by molar-refractivity contribution is 6.30. The Labute approximate surface area is 169 Å². The highest BCUT2D eigenvalue weighted by Gasteiger charge is 2.14. The van der Waals surface area contributed by atoms with E-state index in [4.69, 9.17) is 16.6 Å². The highest BCUT2D eigenvalue weighted by atomic mass is 35.5. The van der Waals surface area contributed by atoms with Crippen molar-refractivity contribution in [1.82, 2.24) is 4.98 Å². The maximum Gasteiger partial charge on any atom is 0.256 e. The molecule has 138 valence electrons. The van der Waals surface area contributed by atoms with Crippen LogP contribution in [-0.2, 0) is 6.42 Å². The predicted octanol–water partition coefficient (Wildman–Crippen LogP) is 6.37. The van der Waals surface area contributed by atoms with Gasteiger partial charge in [0, 0.05) is 21.7 Å². The summed E-state index contributed by atoms with van der Waals surface area (Å²) in [6, 6.07) is 24.9. The molecule has 0 aliphatic carbocycles. The van der Waals surface area contributed by atoms with Crippen molar-refractivity contribution in [2.24, 2.45) is 0 Å². The Bertz CT molecular complexity index is 1150. The van der Waals surface area contributed by atoms with E-state index in [1.54, 1.807) is 0 Å². The van der Waals surface area contributed by atoms with Crippen LogP contribution in [0.15, 0.2) is 78.9 Å². The standard InChI is InChI=1S/C24H19ClN2O/c1-2-16-6-5-7-19(14-16)26-24(28)21-15-23(17-10-12-18(25)13-11-17)27-22-9-4-3-8-20(21)22/h3-15H,2H2,1H3,(H,26,28). The van der Waals surface area contributed by atoms with Crippen LogP contribution in [-0.4, -0.2) is 10.9 Å². The van der Waals surface area contributed by atoms with Gasteiger partial charge < -0.3 is 5.32 Å². The normalized spacial score (nSPS) is 10.8. The number of rotatable bonds is 4. The molecule has 4 rings (SSSR count). The molecule has 1 N–H and O–H groups in total. The van der Waals surface area contributed by atoms with Gasteiger partial charge in [0.05, 0.1) is 16.8 Å². The summed E-state index contributed by atoms with van der Waals surface area (Å²) in [5.74, 6) is -0.151. The third kappa shape index (κ3) is 3.75. The van der Waals surface area contributed by atoms with Crippen molar-refractivity contribution in [3.63, 3.8) is 0 Å². The van der Waals surface area contributed by atoms with Gasteiger partial charge in [-0.2, -0.15) is 0 Å². The number of hydrogen-bond acceptors (Lipinski definition) is 2. The number of carbonyl (C=O) groups is 1. The van der Waals surface area contributed by atoms with Crippen LogP contribution in [0.3, 0.4) is 0 Å². The Morgan fingerprint density at radius 3 is 2.54 bits per heavy atom. The van der Waals surface area contributed by atoms with Crippen LogP contribution in [0.2, 0.25) is 5.02 Å². The van der Waals surface area contributed by atoms with Crippen molar-refractivity contribution in [1.29, 1.82) is 0 Å². The molecule has 0 atom stereocenters. The van der Waals surface area contributed by atoms with E-state index in [1.807, 2.05) is 72.8 Å². The second-order valence-electron chi connectivity index (χ2n) is 6.59. The fourth-order valence-electron chi connectivity index (χ4n) is 3.20. The van der Waals surface area contributed by atoms with E-state index in [9.17, 15) is 4.79 Å². The fraction of sp³-hybridized carbons (Fsp3) is 0.0833. The summed E-state index contributed by atoms with van der Waals surface area (Å²) in [5.41, 5.74) is 5.00. The summed E-state index contributed by atoms with van der Waals surface area (Å²) in [4.78, 5) is 17.8. The van der Waals surface area contributed by atoms with Crippen LogP contribution in [0.25, 0.3) is 22.2 Å². The zero-order valence-electron chi connectivity index (χ0n) is 15.4. The Balaban J connectivity index is 1.78. The topological polar surface area (TPSA) is 42.0 Å². The quantitative estimate of drug-likeness (QED) is 0.442. The molecule has 0 saturated carbocycles. The second kappa shape index (κ2) is 7.83. The summed E-state index contributed by atoms with van der Waals surface area (Å²) >= 11 is 6.01. The molecule has 0 aliphatic heterocycles. The number of pyridine rings is 1. The molecule has 4 aromatic rings. The molecule has 0 spiro atoms. The first-order valence-electron chi connectivity index (χ1n) is 9.20. The number of para-hydroxylation sites is 1. The molecule has 1 heterocycles. The highest BCUT2D eigenvalue weighted by Crippen LogP contribution is 2.26. The number of aryl methyl sites for hydroxylation is 1. The first kappa shape index (κ1) is 18.2. The molecule has 3 nitrogen and oxygen atoms in total. The molecule has 0 unspecified atom stereocenters. The number of carbonyl (C=O) groups excluding carboxylic acids is 1. The van der Waals surface area contributed by atoms with Gasteiger partial charge >= 0.3 is 0 Å². The van der Waals surface area contributed by atoms with Crippen molar-refractivity contribution in [3.05, 3.63) is 95.0 Å². The van der Waals surface area contributed by atoms with Crippen molar-refractivity contribution in [2.45, 2.75) is 13.3 Å². The minimum absolute atomic E-state index is 0.151. The summed E-state index contributed by atoms with van der Waals surface area (Å²) in [7, 11) is 0. The van der Waals surface area contributed by atoms with Gasteiger partial charge in [-0.25, -0.2) is 4.98 Å². The lowest BCUT2D eigenvalue weighted by Gasteiger charge is -2.11. The van der Waals surface area contributed by atoms with Crippen LogP contribution in [0.4, 0.5) is 5.69 Å². The van der Waals surface area contributed by atoms with Crippen LogP contribution < -0.4 is 5.32 Å². The van der Waals surface area contributed by atoms with Gasteiger partial charge in [0.1, 0.15) is 0 Å². The molecule has 4 heteroatoms. The first-order valence-corrected chi connectivity index (χ1v) is 9.58. The zero-order valence-corrected chi connectivity index (χ0v) is 16.2. The van der Waals surface area contributed by atoms with E-state index in [0.29, 0.717) is 10.6 Å². The van der Waals surface area contributed by atoms with Crippen LogP contribution in [0.5, 0.6) is 0 Å². The Morgan fingerprint density at radius 1 is 0.964 bits per heavy atom. The lowest BCUT2D eigenvalue weighted by atomic mass is 10.0. The minimum Gasteiger partial charge on any atom is -0.322 e. The molecule has 0 fully saturated rings. The minimum atomic E-state index is -0.151. The largest absolute Gasteiger partial charge is 0.322 e. The lowest BCUT2D eigenvalue weighted by molar-refractivity contribution is 0.102. The molecular weight excluding hydrogens is 368 g/mol. The summed E-state index contributed by atoms with van der Waals surface area (Å²) in [5, 5.41) is 4.51. The van der Waals surface area contributed by atoms with Crippen molar-refractivity contribution in [3.8, 4) is 11.3 Å². The maximum absolute atomic E-state index is 13.1. The van der Waals surface area contributed by atoms with Crippen molar-refractivity contribution >= 4 is 34.1 Å². The fourth-order valence-corrected chi connectivity index (χ4v) is 3.33. The van der Waals surface area contributed by atoms with E-state index in [1.165, 1.54) is 5.56 Å². The number of hydrogen-bond donors (Lipinski definition) is 1. The van der Waals surface area contributed by atoms with E-state index in [-0.39, 0.29) is 5.91 Å². The number of nitrogens with one attached hydrogen (secondary N) is 1. The van der Waals surface area contributed by atoms with E-state index >= 15 is 0 Å². The first-order chi connectivity index (χ1) is 13.6. The Morgan fingerprint density at radius 2 is 1.75 bits per heavy atom. The van der Waals surface area contributed by atoms with Crippen molar-refractivity contribution in [2.75, 3.05) is 5.32 Å². The number of aromatic nitrogens is 1. The van der Waals surface area contributed by atoms with Gasteiger partial charge in [0.15, 0.2) is 0 Å². The van der Waals surface area contributed by atoms with E-state index < -0.39 is 0 Å². The average Bonchev–Trinajstić information content (AvgIpc) is 2.73. The Kier molecular flexibility index (Phi) is 5.09.